The average Bonchev–Trinajstić information content (AvgIpc) is 2.67. The van der Waals surface area contributed by atoms with Crippen molar-refractivity contribution in [3.63, 3.8) is 0 Å². The molecule has 0 heterocycles. The molecule has 0 aliphatic carbocycles. The zero-order valence-electron chi connectivity index (χ0n) is 15.4. The fourth-order valence-corrected chi connectivity index (χ4v) is 3.05. The van der Waals surface area contributed by atoms with E-state index in [-0.39, 0.29) is 18.6 Å². The molecule has 27 heavy (non-hydrogen) atoms. The van der Waals surface area contributed by atoms with Crippen LogP contribution in [0.1, 0.15) is 71.1 Å². The zero-order valence-corrected chi connectivity index (χ0v) is 16.3. The predicted molar refractivity (Wildman–Crippen MR) is 96.0 cm³/mol. The van der Waals surface area contributed by atoms with Gasteiger partial charge >= 0.3 is 0 Å². The van der Waals surface area contributed by atoms with Crippen molar-refractivity contribution in [3.05, 3.63) is 17.5 Å². The van der Waals surface area contributed by atoms with E-state index in [0.29, 0.717) is 6.42 Å². The van der Waals surface area contributed by atoms with Crippen LogP contribution < -0.4 is 4.74 Å². The van der Waals surface area contributed by atoms with Crippen molar-refractivity contribution >= 4 is 12.0 Å². The molecule has 5 nitrogen and oxygen atoms in total. The van der Waals surface area contributed by atoms with Gasteiger partial charge in [-0.3, -0.25) is 0 Å². The van der Waals surface area contributed by atoms with Crippen molar-refractivity contribution < 1.29 is 37.6 Å². The van der Waals surface area contributed by atoms with Gasteiger partial charge in [0.2, 0.25) is 11.6 Å². The summed E-state index contributed by atoms with van der Waals surface area (Å²) in [6.45, 7) is 2.19. The lowest BCUT2D eigenvalue weighted by Gasteiger charge is -2.12. The SMILES string of the molecule is CCCCCCCCCCCCOc1c(F)c(O)c(SOOO)c(F)c1F. The summed E-state index contributed by atoms with van der Waals surface area (Å²) in [7, 11) is 0. The van der Waals surface area contributed by atoms with Crippen molar-refractivity contribution in [1.82, 2.24) is 0 Å². The summed E-state index contributed by atoms with van der Waals surface area (Å²) >= 11 is -0.0766. The second kappa shape index (κ2) is 13.9. The number of ether oxygens (including phenoxy) is 1. The van der Waals surface area contributed by atoms with Crippen LogP contribution in [0.15, 0.2) is 4.90 Å². The molecule has 1 aromatic rings. The maximum absolute atomic E-state index is 14.0. The van der Waals surface area contributed by atoms with Crippen molar-refractivity contribution in [1.29, 1.82) is 0 Å². The summed E-state index contributed by atoms with van der Waals surface area (Å²) in [4.78, 5) is -0.898. The molecule has 0 amide bonds. The van der Waals surface area contributed by atoms with Crippen molar-refractivity contribution in [2.24, 2.45) is 0 Å². The third-order valence-corrected chi connectivity index (χ3v) is 4.77. The van der Waals surface area contributed by atoms with Crippen LogP contribution in [0.3, 0.4) is 0 Å². The highest BCUT2D eigenvalue weighted by atomic mass is 32.2. The van der Waals surface area contributed by atoms with E-state index in [9.17, 15) is 18.3 Å². The Kier molecular flexibility index (Phi) is 12.3. The maximum atomic E-state index is 14.0. The Balaban J connectivity index is 2.34. The molecular formula is C18H27F3O5S. The van der Waals surface area contributed by atoms with E-state index in [1.807, 2.05) is 0 Å². The largest absolute Gasteiger partial charge is 0.504 e. The first-order chi connectivity index (χ1) is 13.0. The van der Waals surface area contributed by atoms with Crippen molar-refractivity contribution in [2.75, 3.05) is 6.61 Å². The van der Waals surface area contributed by atoms with E-state index in [1.54, 1.807) is 0 Å². The topological polar surface area (TPSA) is 68.2 Å². The molecule has 0 fully saturated rings. The van der Waals surface area contributed by atoms with E-state index in [1.165, 1.54) is 38.5 Å². The smallest absolute Gasteiger partial charge is 0.211 e. The van der Waals surface area contributed by atoms with E-state index in [4.69, 9.17) is 9.99 Å². The molecule has 0 atom stereocenters. The lowest BCUT2D eigenvalue weighted by Crippen LogP contribution is -2.05. The molecule has 0 aliphatic rings. The molecule has 156 valence electrons. The summed E-state index contributed by atoms with van der Waals surface area (Å²) in [5.74, 6) is -6.75. The van der Waals surface area contributed by atoms with E-state index in [2.05, 4.69) is 16.3 Å². The number of rotatable bonds is 15. The van der Waals surface area contributed by atoms with Crippen LogP contribution in [-0.4, -0.2) is 17.0 Å². The van der Waals surface area contributed by atoms with Crippen LogP contribution >= 0.6 is 12.0 Å². The van der Waals surface area contributed by atoms with Crippen LogP contribution in [0, 0.1) is 17.5 Å². The molecule has 0 spiro atoms. The summed E-state index contributed by atoms with van der Waals surface area (Å²) in [6.07, 6.45) is 10.9. The Morgan fingerprint density at radius 1 is 0.815 bits per heavy atom. The number of hydrogen-bond donors (Lipinski definition) is 2. The van der Waals surface area contributed by atoms with E-state index < -0.39 is 33.8 Å². The number of halogens is 3. The third kappa shape index (κ3) is 8.16. The first kappa shape index (κ1) is 23.9. The minimum absolute atomic E-state index is 0.00591. The van der Waals surface area contributed by atoms with Gasteiger partial charge in [-0.15, -0.1) is 4.33 Å². The molecule has 0 saturated heterocycles. The van der Waals surface area contributed by atoms with Gasteiger partial charge in [0.05, 0.1) is 18.6 Å². The Morgan fingerprint density at radius 3 is 1.93 bits per heavy atom. The van der Waals surface area contributed by atoms with Gasteiger partial charge in [-0.2, -0.15) is 8.78 Å². The quantitative estimate of drug-likeness (QED) is 0.112. The third-order valence-electron chi connectivity index (χ3n) is 4.11. The second-order valence-electron chi connectivity index (χ2n) is 6.21. The molecule has 1 rings (SSSR count). The molecule has 2 N–H and O–H groups in total. The highest BCUT2D eigenvalue weighted by Gasteiger charge is 2.27. The van der Waals surface area contributed by atoms with Gasteiger partial charge in [0.25, 0.3) is 0 Å². The number of phenolic OH excluding ortho intramolecular Hbond substituents is 1. The van der Waals surface area contributed by atoms with Crippen molar-refractivity contribution in [3.8, 4) is 11.5 Å². The predicted octanol–water partition coefficient (Wildman–Crippen LogP) is 6.54. The Bertz CT molecular complexity index is 531. The second-order valence-corrected chi connectivity index (χ2v) is 6.92. The monoisotopic (exact) mass is 412 g/mol. The molecule has 0 unspecified atom stereocenters. The van der Waals surface area contributed by atoms with Gasteiger partial charge in [-0.05, 0) is 6.42 Å². The molecule has 9 heteroatoms. The maximum Gasteiger partial charge on any atom is 0.211 e. The average molecular weight is 412 g/mol. The molecule has 0 radical (unpaired) electrons. The van der Waals surface area contributed by atoms with E-state index in [0.717, 1.165) is 19.3 Å². The number of hydrogen-bond acceptors (Lipinski definition) is 6. The minimum atomic E-state index is -1.58. The lowest BCUT2D eigenvalue weighted by atomic mass is 10.1. The summed E-state index contributed by atoms with van der Waals surface area (Å²) in [5.41, 5.74) is 0. The first-order valence-corrected chi connectivity index (χ1v) is 9.95. The number of phenols is 1. The van der Waals surface area contributed by atoms with Crippen molar-refractivity contribution in [2.45, 2.75) is 76.0 Å². The molecule has 0 aromatic heterocycles. The lowest BCUT2D eigenvalue weighted by molar-refractivity contribution is -0.432. The molecule has 0 bridgehead atoms. The van der Waals surface area contributed by atoms with Crippen LogP contribution in [0.4, 0.5) is 13.2 Å². The summed E-state index contributed by atoms with van der Waals surface area (Å²) in [5, 5.41) is 20.8. The Labute approximate surface area is 161 Å². The fourth-order valence-electron chi connectivity index (χ4n) is 2.62. The van der Waals surface area contributed by atoms with Crippen LogP contribution in [-0.2, 0) is 9.37 Å². The van der Waals surface area contributed by atoms with Gasteiger partial charge in [-0.1, -0.05) is 69.7 Å². The van der Waals surface area contributed by atoms with Gasteiger partial charge < -0.3 is 9.84 Å². The number of aromatic hydroxyl groups is 1. The first-order valence-electron chi connectivity index (χ1n) is 9.21. The molecule has 0 saturated carbocycles. The number of unbranched alkanes of at least 4 members (excludes halogenated alkanes) is 9. The molecule has 0 aliphatic heterocycles. The van der Waals surface area contributed by atoms with Gasteiger partial charge in [0, 0.05) is 0 Å². The zero-order chi connectivity index (χ0) is 20.1. The van der Waals surface area contributed by atoms with Gasteiger partial charge in [0.15, 0.2) is 17.3 Å². The van der Waals surface area contributed by atoms with E-state index >= 15 is 0 Å². The Morgan fingerprint density at radius 2 is 1.37 bits per heavy atom. The summed E-state index contributed by atoms with van der Waals surface area (Å²) < 4.78 is 50.6. The number of benzene rings is 1. The normalized spacial score (nSPS) is 11.1. The van der Waals surface area contributed by atoms with Crippen LogP contribution in [0.5, 0.6) is 11.5 Å². The standard InChI is InChI=1S/C18H27F3O5S/c1-2-3-4-5-6-7-8-9-10-11-12-24-17-13(19)14(20)18(27-26-25-23)16(22)15(17)21/h22-23H,2-12H2,1H3. The molecular weight excluding hydrogens is 385 g/mol. The Hall–Kier alpha value is -1.16. The highest BCUT2D eigenvalue weighted by Crippen LogP contribution is 2.41. The van der Waals surface area contributed by atoms with Crippen LogP contribution in [0.25, 0.3) is 0 Å². The van der Waals surface area contributed by atoms with Gasteiger partial charge in [-0.25, -0.2) is 9.65 Å². The summed E-state index contributed by atoms with van der Waals surface area (Å²) in [6, 6.07) is 0. The highest BCUT2D eigenvalue weighted by molar-refractivity contribution is 7.94. The fraction of sp³-hybridized carbons (Fsp3) is 0.667. The minimum Gasteiger partial charge on any atom is -0.504 e. The van der Waals surface area contributed by atoms with Crippen LogP contribution in [0.2, 0.25) is 0 Å². The van der Waals surface area contributed by atoms with Gasteiger partial charge in [0.1, 0.15) is 4.90 Å². The molecule has 1 aromatic carbocycles.